The molecule has 2 rings (SSSR count). The summed E-state index contributed by atoms with van der Waals surface area (Å²) < 4.78 is 38.8. The Morgan fingerprint density at radius 3 is 2.76 bits per heavy atom. The fourth-order valence-electron chi connectivity index (χ4n) is 1.75. The highest BCUT2D eigenvalue weighted by molar-refractivity contribution is 7.89. The van der Waals surface area contributed by atoms with Crippen molar-refractivity contribution in [3.63, 3.8) is 0 Å². The van der Waals surface area contributed by atoms with Crippen LogP contribution in [0.25, 0.3) is 0 Å². The van der Waals surface area contributed by atoms with Crippen LogP contribution in [0.4, 0.5) is 4.39 Å². The number of rotatable bonds is 2. The van der Waals surface area contributed by atoms with Gasteiger partial charge in [0.15, 0.2) is 5.82 Å². The van der Waals surface area contributed by atoms with E-state index in [1.165, 1.54) is 18.2 Å². The minimum atomic E-state index is -3.91. The van der Waals surface area contributed by atoms with Gasteiger partial charge in [0, 0.05) is 13.1 Å². The molecule has 0 saturated carbocycles. The van der Waals surface area contributed by atoms with E-state index in [1.54, 1.807) is 0 Å². The van der Waals surface area contributed by atoms with Gasteiger partial charge in [-0.05, 0) is 18.6 Å². The lowest BCUT2D eigenvalue weighted by Gasteiger charge is -2.16. The fourth-order valence-corrected chi connectivity index (χ4v) is 3.56. The summed E-state index contributed by atoms with van der Waals surface area (Å²) in [7, 11) is -3.91. The van der Waals surface area contributed by atoms with Crippen LogP contribution in [0.15, 0.2) is 23.1 Å². The number of aliphatic hydroxyl groups is 1. The summed E-state index contributed by atoms with van der Waals surface area (Å²) in [5.41, 5.74) is 0. The lowest BCUT2D eigenvalue weighted by molar-refractivity contribution is 0.189. The van der Waals surface area contributed by atoms with Crippen LogP contribution in [0.2, 0.25) is 5.02 Å². The van der Waals surface area contributed by atoms with Gasteiger partial charge >= 0.3 is 0 Å². The van der Waals surface area contributed by atoms with Crippen LogP contribution >= 0.6 is 11.6 Å². The number of hydrogen-bond acceptors (Lipinski definition) is 3. The van der Waals surface area contributed by atoms with E-state index in [0.717, 1.165) is 4.31 Å². The molecule has 0 aromatic heterocycles. The van der Waals surface area contributed by atoms with Crippen molar-refractivity contribution in [2.75, 3.05) is 13.1 Å². The maximum Gasteiger partial charge on any atom is 0.246 e. The molecule has 1 saturated heterocycles. The highest BCUT2D eigenvalue weighted by atomic mass is 35.5. The average molecular weight is 280 g/mol. The Kier molecular flexibility index (Phi) is 3.40. The zero-order chi connectivity index (χ0) is 12.6. The molecule has 94 valence electrons. The maximum absolute atomic E-state index is 13.6. The van der Waals surface area contributed by atoms with Gasteiger partial charge in [-0.3, -0.25) is 0 Å². The molecule has 4 nitrogen and oxygen atoms in total. The van der Waals surface area contributed by atoms with Gasteiger partial charge in [-0.25, -0.2) is 12.8 Å². The first-order valence-corrected chi connectivity index (χ1v) is 6.87. The Balaban J connectivity index is 2.42. The predicted molar refractivity (Wildman–Crippen MR) is 60.8 cm³/mol. The lowest BCUT2D eigenvalue weighted by Crippen LogP contribution is -2.30. The van der Waals surface area contributed by atoms with Gasteiger partial charge in [0.25, 0.3) is 0 Å². The van der Waals surface area contributed by atoms with Crippen molar-refractivity contribution in [3.05, 3.63) is 29.0 Å². The van der Waals surface area contributed by atoms with Crippen LogP contribution in [-0.2, 0) is 10.0 Å². The molecule has 1 aliphatic heterocycles. The molecule has 1 aromatic carbocycles. The summed E-state index contributed by atoms with van der Waals surface area (Å²) in [6.45, 7) is 0.184. The third kappa shape index (κ3) is 2.30. The van der Waals surface area contributed by atoms with Crippen molar-refractivity contribution in [1.82, 2.24) is 4.31 Å². The molecule has 1 N–H and O–H groups in total. The Bertz CT molecular complexity index is 534. The number of β-amino-alcohol motifs (C(OH)–C–C–N with tert-alkyl or cyclic N) is 1. The Hall–Kier alpha value is -0.690. The van der Waals surface area contributed by atoms with Crippen molar-refractivity contribution in [1.29, 1.82) is 0 Å². The van der Waals surface area contributed by atoms with E-state index in [-0.39, 0.29) is 18.1 Å². The topological polar surface area (TPSA) is 57.6 Å². The van der Waals surface area contributed by atoms with Crippen LogP contribution in [0.1, 0.15) is 6.42 Å². The standard InChI is InChI=1S/C10H11ClFNO3S/c11-8-2-1-3-9(10(8)12)17(15,16)13-5-4-7(14)6-13/h1-3,7,14H,4-6H2/t7-/m1/s1. The largest absolute Gasteiger partial charge is 0.392 e. The van der Waals surface area contributed by atoms with E-state index in [9.17, 15) is 17.9 Å². The number of aliphatic hydroxyl groups excluding tert-OH is 1. The van der Waals surface area contributed by atoms with E-state index < -0.39 is 26.8 Å². The first kappa shape index (κ1) is 12.8. The molecule has 1 aromatic rings. The van der Waals surface area contributed by atoms with Gasteiger partial charge < -0.3 is 5.11 Å². The van der Waals surface area contributed by atoms with Gasteiger partial charge in [0.05, 0.1) is 11.1 Å². The Morgan fingerprint density at radius 1 is 1.47 bits per heavy atom. The van der Waals surface area contributed by atoms with Gasteiger partial charge in [-0.1, -0.05) is 17.7 Å². The van der Waals surface area contributed by atoms with Crippen molar-refractivity contribution in [3.8, 4) is 0 Å². The molecule has 1 atom stereocenters. The quantitative estimate of drug-likeness (QED) is 0.886. The summed E-state index contributed by atoms with van der Waals surface area (Å²) in [4.78, 5) is -0.445. The highest BCUT2D eigenvalue weighted by Crippen LogP contribution is 2.26. The monoisotopic (exact) mass is 279 g/mol. The van der Waals surface area contributed by atoms with E-state index in [1.807, 2.05) is 0 Å². The third-order valence-electron chi connectivity index (χ3n) is 2.66. The zero-order valence-electron chi connectivity index (χ0n) is 8.81. The predicted octanol–water partition coefficient (Wildman–Crippen LogP) is 1.23. The van der Waals surface area contributed by atoms with Gasteiger partial charge in [-0.15, -0.1) is 0 Å². The number of benzene rings is 1. The average Bonchev–Trinajstić information content (AvgIpc) is 2.69. The summed E-state index contributed by atoms with van der Waals surface area (Å²) >= 11 is 5.55. The van der Waals surface area contributed by atoms with Crippen LogP contribution in [-0.4, -0.2) is 37.0 Å². The molecule has 0 aliphatic carbocycles. The van der Waals surface area contributed by atoms with Crippen molar-refractivity contribution >= 4 is 21.6 Å². The Labute approximate surface area is 104 Å². The summed E-state index contributed by atoms with van der Waals surface area (Å²) in [6.07, 6.45) is -0.325. The smallest absolute Gasteiger partial charge is 0.246 e. The second-order valence-electron chi connectivity index (χ2n) is 3.86. The summed E-state index contributed by atoms with van der Waals surface area (Å²) in [5.74, 6) is -0.949. The molecule has 7 heteroatoms. The van der Waals surface area contributed by atoms with Crippen molar-refractivity contribution < 1.29 is 17.9 Å². The van der Waals surface area contributed by atoms with Crippen LogP contribution in [0.3, 0.4) is 0 Å². The fraction of sp³-hybridized carbons (Fsp3) is 0.400. The third-order valence-corrected chi connectivity index (χ3v) is 4.83. The first-order valence-electron chi connectivity index (χ1n) is 5.05. The second kappa shape index (κ2) is 4.53. The van der Waals surface area contributed by atoms with E-state index >= 15 is 0 Å². The minimum absolute atomic E-state index is 0.00567. The molecule has 0 amide bonds. The van der Waals surface area contributed by atoms with Crippen LogP contribution in [0, 0.1) is 5.82 Å². The van der Waals surface area contributed by atoms with E-state index in [0.29, 0.717) is 6.42 Å². The molecule has 0 spiro atoms. The number of nitrogens with zero attached hydrogens (tertiary/aromatic N) is 1. The molecular formula is C10H11ClFNO3S. The van der Waals surface area contributed by atoms with Crippen LogP contribution in [0.5, 0.6) is 0 Å². The summed E-state index contributed by atoms with van der Waals surface area (Å²) in [5, 5.41) is 9.08. The number of halogens is 2. The van der Waals surface area contributed by atoms with E-state index in [4.69, 9.17) is 11.6 Å². The van der Waals surface area contributed by atoms with Crippen molar-refractivity contribution in [2.24, 2.45) is 0 Å². The molecule has 1 heterocycles. The Morgan fingerprint density at radius 2 is 2.18 bits per heavy atom. The highest BCUT2D eigenvalue weighted by Gasteiger charge is 2.33. The van der Waals surface area contributed by atoms with Gasteiger partial charge in [-0.2, -0.15) is 4.31 Å². The molecule has 1 aliphatic rings. The molecule has 0 radical (unpaired) electrons. The lowest BCUT2D eigenvalue weighted by atomic mass is 10.3. The molecule has 1 fully saturated rings. The number of sulfonamides is 1. The molecular weight excluding hydrogens is 269 g/mol. The second-order valence-corrected chi connectivity index (χ2v) is 6.17. The summed E-state index contributed by atoms with van der Waals surface area (Å²) in [6, 6.07) is 3.83. The normalized spacial score (nSPS) is 21.9. The van der Waals surface area contributed by atoms with Crippen LogP contribution < -0.4 is 0 Å². The SMILES string of the molecule is O=S(=O)(c1cccc(Cl)c1F)N1CC[C@@H](O)C1. The minimum Gasteiger partial charge on any atom is -0.392 e. The van der Waals surface area contributed by atoms with E-state index in [2.05, 4.69) is 0 Å². The zero-order valence-corrected chi connectivity index (χ0v) is 10.4. The van der Waals surface area contributed by atoms with Gasteiger partial charge in [0.1, 0.15) is 4.90 Å². The molecule has 17 heavy (non-hydrogen) atoms. The first-order chi connectivity index (χ1) is 7.93. The molecule has 0 unspecified atom stereocenters. The number of hydrogen-bond donors (Lipinski definition) is 1. The van der Waals surface area contributed by atoms with Gasteiger partial charge in [0.2, 0.25) is 10.0 Å². The maximum atomic E-state index is 13.6. The molecule has 0 bridgehead atoms. The van der Waals surface area contributed by atoms with Crippen molar-refractivity contribution in [2.45, 2.75) is 17.4 Å².